The van der Waals surface area contributed by atoms with Crippen LogP contribution < -0.4 is 0 Å². The maximum absolute atomic E-state index is 10.6. The average Bonchev–Trinajstić information content (AvgIpc) is 1.86. The summed E-state index contributed by atoms with van der Waals surface area (Å²) in [5, 5.41) is 8.68. The van der Waals surface area contributed by atoms with Crippen molar-refractivity contribution in [3.8, 4) is 0 Å². The molecule has 0 saturated heterocycles. The second kappa shape index (κ2) is 4.91. The third-order valence-corrected chi connectivity index (χ3v) is 1.39. The van der Waals surface area contributed by atoms with Crippen LogP contribution in [0.4, 0.5) is 0 Å². The molecule has 3 heteroatoms. The monoisotopic (exact) mass is 157 g/mol. The molecule has 0 bridgehead atoms. The summed E-state index contributed by atoms with van der Waals surface area (Å²) in [7, 11) is 3.72. The zero-order chi connectivity index (χ0) is 8.85. The van der Waals surface area contributed by atoms with Crippen LogP contribution in [0.2, 0.25) is 0 Å². The predicted octanol–water partition coefficient (Wildman–Crippen LogP) is 0.825. The standard InChI is InChI=1S/C8H15NO2/c1-4-5-7(8(10)11)6-9(2)3/h4,7H,1,5-6H2,2-3H3,(H,10,11). The molecule has 0 aromatic rings. The maximum Gasteiger partial charge on any atom is 0.308 e. The quantitative estimate of drug-likeness (QED) is 0.601. The molecule has 0 aromatic carbocycles. The highest BCUT2D eigenvalue weighted by Gasteiger charge is 2.15. The minimum Gasteiger partial charge on any atom is -0.481 e. The van der Waals surface area contributed by atoms with E-state index in [0.717, 1.165) is 0 Å². The van der Waals surface area contributed by atoms with Crippen molar-refractivity contribution >= 4 is 5.97 Å². The van der Waals surface area contributed by atoms with Crippen LogP contribution in [-0.2, 0) is 4.79 Å². The molecular formula is C8H15NO2. The van der Waals surface area contributed by atoms with Gasteiger partial charge in [0.25, 0.3) is 0 Å². The smallest absolute Gasteiger partial charge is 0.308 e. The van der Waals surface area contributed by atoms with Crippen molar-refractivity contribution < 1.29 is 9.90 Å². The number of carboxylic acids is 1. The number of hydrogen-bond acceptors (Lipinski definition) is 2. The van der Waals surface area contributed by atoms with E-state index in [9.17, 15) is 4.79 Å². The van der Waals surface area contributed by atoms with Crippen LogP contribution in [0.3, 0.4) is 0 Å². The molecule has 0 rings (SSSR count). The van der Waals surface area contributed by atoms with Gasteiger partial charge in [-0.3, -0.25) is 4.79 Å². The van der Waals surface area contributed by atoms with Gasteiger partial charge >= 0.3 is 5.97 Å². The first-order valence-corrected chi connectivity index (χ1v) is 3.56. The minimum atomic E-state index is -0.751. The van der Waals surface area contributed by atoms with Gasteiger partial charge in [0.15, 0.2) is 0 Å². The zero-order valence-corrected chi connectivity index (χ0v) is 7.08. The molecule has 11 heavy (non-hydrogen) atoms. The van der Waals surface area contributed by atoms with Crippen LogP contribution in [0.1, 0.15) is 6.42 Å². The molecule has 0 radical (unpaired) electrons. The summed E-state index contributed by atoms with van der Waals surface area (Å²) in [6.07, 6.45) is 2.18. The largest absolute Gasteiger partial charge is 0.481 e. The lowest BCUT2D eigenvalue weighted by molar-refractivity contribution is -0.142. The number of carboxylic acid groups (broad SMARTS) is 1. The summed E-state index contributed by atoms with van der Waals surface area (Å²) in [5.41, 5.74) is 0. The molecule has 0 aliphatic heterocycles. The first kappa shape index (κ1) is 10.2. The Morgan fingerprint density at radius 3 is 2.55 bits per heavy atom. The van der Waals surface area contributed by atoms with Crippen molar-refractivity contribution in [2.45, 2.75) is 6.42 Å². The van der Waals surface area contributed by atoms with Crippen molar-refractivity contribution in [3.05, 3.63) is 12.7 Å². The van der Waals surface area contributed by atoms with Crippen molar-refractivity contribution in [2.75, 3.05) is 20.6 Å². The zero-order valence-electron chi connectivity index (χ0n) is 7.08. The second-order valence-corrected chi connectivity index (χ2v) is 2.82. The second-order valence-electron chi connectivity index (χ2n) is 2.82. The normalized spacial score (nSPS) is 13.0. The topological polar surface area (TPSA) is 40.5 Å². The minimum absolute atomic E-state index is 0.317. The molecule has 1 unspecified atom stereocenters. The molecule has 0 aliphatic rings. The van der Waals surface area contributed by atoms with E-state index in [1.807, 2.05) is 19.0 Å². The molecule has 64 valence electrons. The summed E-state index contributed by atoms with van der Waals surface area (Å²) < 4.78 is 0. The van der Waals surface area contributed by atoms with Gasteiger partial charge in [-0.2, -0.15) is 0 Å². The van der Waals surface area contributed by atoms with Gasteiger partial charge in [-0.1, -0.05) is 6.08 Å². The van der Waals surface area contributed by atoms with Gasteiger partial charge in [0.2, 0.25) is 0 Å². The summed E-state index contributed by atoms with van der Waals surface area (Å²) in [4.78, 5) is 12.4. The van der Waals surface area contributed by atoms with E-state index in [-0.39, 0.29) is 5.92 Å². The van der Waals surface area contributed by atoms with Crippen LogP contribution >= 0.6 is 0 Å². The van der Waals surface area contributed by atoms with Gasteiger partial charge in [-0.15, -0.1) is 6.58 Å². The fraction of sp³-hybridized carbons (Fsp3) is 0.625. The van der Waals surface area contributed by atoms with Crippen LogP contribution in [0, 0.1) is 5.92 Å². The number of aliphatic carboxylic acids is 1. The third-order valence-electron chi connectivity index (χ3n) is 1.39. The Morgan fingerprint density at radius 2 is 2.27 bits per heavy atom. The molecule has 0 spiro atoms. The van der Waals surface area contributed by atoms with Crippen molar-refractivity contribution in [3.63, 3.8) is 0 Å². The van der Waals surface area contributed by atoms with Crippen molar-refractivity contribution in [2.24, 2.45) is 5.92 Å². The third kappa shape index (κ3) is 4.56. The first-order chi connectivity index (χ1) is 5.07. The van der Waals surface area contributed by atoms with Gasteiger partial charge in [0.1, 0.15) is 0 Å². The Kier molecular flexibility index (Phi) is 4.54. The van der Waals surface area contributed by atoms with Crippen molar-refractivity contribution in [1.82, 2.24) is 4.90 Å². The number of nitrogens with zero attached hydrogens (tertiary/aromatic N) is 1. The van der Waals surface area contributed by atoms with Crippen LogP contribution in [0.15, 0.2) is 12.7 Å². The maximum atomic E-state index is 10.6. The highest BCUT2D eigenvalue weighted by atomic mass is 16.4. The van der Waals surface area contributed by atoms with E-state index >= 15 is 0 Å². The van der Waals surface area contributed by atoms with Gasteiger partial charge in [0, 0.05) is 6.54 Å². The van der Waals surface area contributed by atoms with E-state index in [1.165, 1.54) is 0 Å². The highest BCUT2D eigenvalue weighted by Crippen LogP contribution is 2.04. The summed E-state index contributed by atoms with van der Waals surface area (Å²) in [6.45, 7) is 4.08. The number of carbonyl (C=O) groups is 1. The van der Waals surface area contributed by atoms with Gasteiger partial charge in [-0.25, -0.2) is 0 Å². The lowest BCUT2D eigenvalue weighted by Gasteiger charge is -2.15. The summed E-state index contributed by atoms with van der Waals surface area (Å²) >= 11 is 0. The molecule has 1 N–H and O–H groups in total. The van der Waals surface area contributed by atoms with E-state index < -0.39 is 5.97 Å². The lowest BCUT2D eigenvalue weighted by Crippen LogP contribution is -2.27. The fourth-order valence-corrected chi connectivity index (χ4v) is 0.895. The SMILES string of the molecule is C=CCC(CN(C)C)C(=O)O. The Bertz CT molecular complexity index is 143. The Labute approximate surface area is 67.3 Å². The summed E-state index contributed by atoms with van der Waals surface area (Å²) in [5.74, 6) is -1.07. The number of allylic oxidation sites excluding steroid dienone is 1. The molecule has 0 aromatic heterocycles. The molecule has 0 heterocycles. The molecule has 0 aliphatic carbocycles. The lowest BCUT2D eigenvalue weighted by atomic mass is 10.1. The Morgan fingerprint density at radius 1 is 1.73 bits per heavy atom. The molecule has 0 amide bonds. The number of rotatable bonds is 5. The molecule has 1 atom stereocenters. The summed E-state index contributed by atoms with van der Waals surface area (Å²) in [6, 6.07) is 0. The van der Waals surface area contributed by atoms with Gasteiger partial charge < -0.3 is 10.0 Å². The molecule has 0 fully saturated rings. The van der Waals surface area contributed by atoms with E-state index in [4.69, 9.17) is 5.11 Å². The van der Waals surface area contributed by atoms with Crippen LogP contribution in [0.5, 0.6) is 0 Å². The van der Waals surface area contributed by atoms with E-state index in [0.29, 0.717) is 13.0 Å². The first-order valence-electron chi connectivity index (χ1n) is 3.56. The Hall–Kier alpha value is -0.830. The number of hydrogen-bond donors (Lipinski definition) is 1. The highest BCUT2D eigenvalue weighted by molar-refractivity contribution is 5.70. The Balaban J connectivity index is 3.88. The van der Waals surface area contributed by atoms with E-state index in [2.05, 4.69) is 6.58 Å². The fourth-order valence-electron chi connectivity index (χ4n) is 0.895. The average molecular weight is 157 g/mol. The van der Waals surface area contributed by atoms with E-state index in [1.54, 1.807) is 6.08 Å². The van der Waals surface area contributed by atoms with Crippen molar-refractivity contribution in [1.29, 1.82) is 0 Å². The molecule has 3 nitrogen and oxygen atoms in total. The predicted molar refractivity (Wildman–Crippen MR) is 44.5 cm³/mol. The van der Waals surface area contributed by atoms with Gasteiger partial charge in [-0.05, 0) is 20.5 Å². The van der Waals surface area contributed by atoms with Gasteiger partial charge in [0.05, 0.1) is 5.92 Å². The molecular weight excluding hydrogens is 142 g/mol. The van der Waals surface area contributed by atoms with Crippen LogP contribution in [0.25, 0.3) is 0 Å². The van der Waals surface area contributed by atoms with Crippen LogP contribution in [-0.4, -0.2) is 36.6 Å². The molecule has 0 saturated carbocycles.